The van der Waals surface area contributed by atoms with Crippen LogP contribution in [0, 0.1) is 19.3 Å². The SMILES string of the molecule is Cc1cc(C)n2nc(SCC(=O)NC(C)(C)CC(C)(C)C)nc2n1. The maximum absolute atomic E-state index is 12.2. The van der Waals surface area contributed by atoms with Gasteiger partial charge < -0.3 is 5.32 Å². The van der Waals surface area contributed by atoms with E-state index in [1.165, 1.54) is 11.8 Å². The highest BCUT2D eigenvalue weighted by atomic mass is 32.2. The number of thioether (sulfide) groups is 1. The van der Waals surface area contributed by atoms with Crippen LogP contribution in [0.2, 0.25) is 0 Å². The van der Waals surface area contributed by atoms with Crippen molar-refractivity contribution in [2.75, 3.05) is 5.75 Å². The smallest absolute Gasteiger partial charge is 0.253 e. The van der Waals surface area contributed by atoms with Crippen molar-refractivity contribution in [2.45, 2.75) is 65.6 Å². The summed E-state index contributed by atoms with van der Waals surface area (Å²) in [5.74, 6) is 0.861. The van der Waals surface area contributed by atoms with E-state index in [9.17, 15) is 4.79 Å². The number of hydrogen-bond acceptors (Lipinski definition) is 5. The van der Waals surface area contributed by atoms with Crippen LogP contribution in [0.25, 0.3) is 5.78 Å². The maximum Gasteiger partial charge on any atom is 0.253 e. The number of hydrogen-bond donors (Lipinski definition) is 1. The monoisotopic (exact) mass is 349 g/mol. The third-order valence-electron chi connectivity index (χ3n) is 3.38. The molecule has 0 aliphatic rings. The topological polar surface area (TPSA) is 72.2 Å². The number of nitrogens with one attached hydrogen (secondary N) is 1. The molecule has 24 heavy (non-hydrogen) atoms. The minimum atomic E-state index is -0.239. The Morgan fingerprint density at radius 3 is 2.50 bits per heavy atom. The molecule has 7 heteroatoms. The van der Waals surface area contributed by atoms with E-state index in [2.05, 4.69) is 55.0 Å². The second-order valence-electron chi connectivity index (χ2n) is 8.10. The van der Waals surface area contributed by atoms with E-state index in [0.717, 1.165) is 17.8 Å². The van der Waals surface area contributed by atoms with Crippen LogP contribution in [-0.4, -0.2) is 36.8 Å². The fourth-order valence-electron chi connectivity index (χ4n) is 3.12. The first-order valence-electron chi connectivity index (χ1n) is 8.10. The van der Waals surface area contributed by atoms with Crippen molar-refractivity contribution in [3.05, 3.63) is 17.5 Å². The molecule has 1 amide bonds. The van der Waals surface area contributed by atoms with Gasteiger partial charge in [0.15, 0.2) is 0 Å². The van der Waals surface area contributed by atoms with Gasteiger partial charge in [0.05, 0.1) is 5.75 Å². The van der Waals surface area contributed by atoms with Crippen LogP contribution in [0.15, 0.2) is 11.2 Å². The summed E-state index contributed by atoms with van der Waals surface area (Å²) >= 11 is 1.33. The summed E-state index contributed by atoms with van der Waals surface area (Å²) in [6.07, 6.45) is 0.908. The number of carbonyl (C=O) groups is 1. The van der Waals surface area contributed by atoms with Gasteiger partial charge in [0, 0.05) is 16.9 Å². The molecule has 0 bridgehead atoms. The Labute approximate surface area is 147 Å². The highest BCUT2D eigenvalue weighted by molar-refractivity contribution is 7.99. The maximum atomic E-state index is 12.2. The quantitative estimate of drug-likeness (QED) is 0.840. The van der Waals surface area contributed by atoms with Crippen LogP contribution in [0.3, 0.4) is 0 Å². The lowest BCUT2D eigenvalue weighted by Crippen LogP contribution is -2.46. The Balaban J connectivity index is 1.98. The zero-order valence-electron chi connectivity index (χ0n) is 15.6. The van der Waals surface area contributed by atoms with Gasteiger partial charge in [0.1, 0.15) is 0 Å². The normalized spacial score (nSPS) is 12.6. The van der Waals surface area contributed by atoms with Crippen molar-refractivity contribution in [3.8, 4) is 0 Å². The van der Waals surface area contributed by atoms with Gasteiger partial charge in [0.2, 0.25) is 11.1 Å². The van der Waals surface area contributed by atoms with Crippen molar-refractivity contribution >= 4 is 23.4 Å². The number of nitrogens with zero attached hydrogens (tertiary/aromatic N) is 4. The standard InChI is InChI=1S/C17H27N5OS/c1-11-8-12(2)22-14(18-11)19-15(21-22)24-9-13(23)20-17(6,7)10-16(3,4)5/h8H,9-10H2,1-7H3,(H,20,23). The van der Waals surface area contributed by atoms with E-state index in [1.807, 2.05) is 19.9 Å². The van der Waals surface area contributed by atoms with Crippen LogP contribution in [-0.2, 0) is 4.79 Å². The number of aryl methyl sites for hydroxylation is 2. The zero-order valence-corrected chi connectivity index (χ0v) is 16.4. The summed E-state index contributed by atoms with van der Waals surface area (Å²) in [5, 5.41) is 8.08. The lowest BCUT2D eigenvalue weighted by molar-refractivity contribution is -0.120. The van der Waals surface area contributed by atoms with Crippen molar-refractivity contribution in [2.24, 2.45) is 5.41 Å². The van der Waals surface area contributed by atoms with E-state index in [0.29, 0.717) is 16.7 Å². The summed E-state index contributed by atoms with van der Waals surface area (Å²) in [6, 6.07) is 1.96. The molecule has 0 fully saturated rings. The molecule has 0 aliphatic carbocycles. The largest absolute Gasteiger partial charge is 0.350 e. The average molecular weight is 350 g/mol. The van der Waals surface area contributed by atoms with Gasteiger partial charge in [-0.2, -0.15) is 4.98 Å². The second kappa shape index (κ2) is 6.70. The molecule has 0 radical (unpaired) electrons. The summed E-state index contributed by atoms with van der Waals surface area (Å²) in [5.41, 5.74) is 1.81. The summed E-state index contributed by atoms with van der Waals surface area (Å²) in [6.45, 7) is 14.5. The molecule has 0 aromatic carbocycles. The highest BCUT2D eigenvalue weighted by Crippen LogP contribution is 2.27. The summed E-state index contributed by atoms with van der Waals surface area (Å²) < 4.78 is 1.71. The third-order valence-corrected chi connectivity index (χ3v) is 4.22. The van der Waals surface area contributed by atoms with Crippen molar-refractivity contribution in [1.29, 1.82) is 0 Å². The van der Waals surface area contributed by atoms with Crippen LogP contribution < -0.4 is 5.32 Å². The first-order chi connectivity index (χ1) is 11.0. The van der Waals surface area contributed by atoms with Gasteiger partial charge >= 0.3 is 0 Å². The summed E-state index contributed by atoms with van der Waals surface area (Å²) in [4.78, 5) is 21.0. The minimum absolute atomic E-state index is 0.00559. The fraction of sp³-hybridized carbons (Fsp3) is 0.647. The van der Waals surface area contributed by atoms with Crippen LogP contribution in [0.4, 0.5) is 0 Å². The molecule has 2 aromatic heterocycles. The van der Waals surface area contributed by atoms with E-state index in [1.54, 1.807) is 4.52 Å². The molecule has 2 aromatic rings. The first kappa shape index (κ1) is 18.7. The molecular formula is C17H27N5OS. The molecule has 0 saturated carbocycles. The van der Waals surface area contributed by atoms with Crippen LogP contribution >= 0.6 is 11.8 Å². The Morgan fingerprint density at radius 2 is 1.88 bits per heavy atom. The second-order valence-corrected chi connectivity index (χ2v) is 9.05. The Bertz CT molecular complexity index is 745. The Hall–Kier alpha value is -1.63. The van der Waals surface area contributed by atoms with Gasteiger partial charge in [0.25, 0.3) is 5.78 Å². The molecule has 6 nitrogen and oxygen atoms in total. The number of amides is 1. The van der Waals surface area contributed by atoms with Gasteiger partial charge in [-0.1, -0.05) is 32.5 Å². The lowest BCUT2D eigenvalue weighted by atomic mass is 9.82. The van der Waals surface area contributed by atoms with Crippen LogP contribution in [0.1, 0.15) is 52.4 Å². The van der Waals surface area contributed by atoms with Gasteiger partial charge in [-0.15, -0.1) is 5.10 Å². The molecule has 2 rings (SSSR count). The number of carbonyl (C=O) groups excluding carboxylic acids is 1. The van der Waals surface area contributed by atoms with Crippen molar-refractivity contribution < 1.29 is 4.79 Å². The van der Waals surface area contributed by atoms with E-state index in [-0.39, 0.29) is 16.9 Å². The zero-order chi connectivity index (χ0) is 18.1. The molecular weight excluding hydrogens is 322 g/mol. The van der Waals surface area contributed by atoms with Gasteiger partial charge in [-0.3, -0.25) is 4.79 Å². The predicted molar refractivity (Wildman–Crippen MR) is 97.3 cm³/mol. The molecule has 1 N–H and O–H groups in total. The Morgan fingerprint density at radius 1 is 1.21 bits per heavy atom. The number of aromatic nitrogens is 4. The van der Waals surface area contributed by atoms with Crippen LogP contribution in [0.5, 0.6) is 0 Å². The summed E-state index contributed by atoms with van der Waals surface area (Å²) in [7, 11) is 0. The molecule has 132 valence electrons. The first-order valence-corrected chi connectivity index (χ1v) is 9.09. The number of rotatable bonds is 5. The van der Waals surface area contributed by atoms with Gasteiger partial charge in [-0.25, -0.2) is 9.50 Å². The molecule has 0 spiro atoms. The molecule has 0 unspecified atom stereocenters. The van der Waals surface area contributed by atoms with Gasteiger partial charge in [-0.05, 0) is 45.6 Å². The molecule has 2 heterocycles. The lowest BCUT2D eigenvalue weighted by Gasteiger charge is -2.33. The molecule has 0 saturated heterocycles. The third kappa shape index (κ3) is 5.19. The molecule has 0 aliphatic heterocycles. The fourth-order valence-corrected chi connectivity index (χ4v) is 3.74. The minimum Gasteiger partial charge on any atom is -0.350 e. The van der Waals surface area contributed by atoms with E-state index in [4.69, 9.17) is 0 Å². The molecule has 0 atom stereocenters. The van der Waals surface area contributed by atoms with E-state index < -0.39 is 0 Å². The van der Waals surface area contributed by atoms with Crippen molar-refractivity contribution in [1.82, 2.24) is 24.9 Å². The van der Waals surface area contributed by atoms with Crippen molar-refractivity contribution in [3.63, 3.8) is 0 Å². The Kier molecular flexibility index (Phi) is 5.22. The predicted octanol–water partition coefficient (Wildman–Crippen LogP) is 3.16. The number of fused-ring (bicyclic) bond motifs is 1. The van der Waals surface area contributed by atoms with E-state index >= 15 is 0 Å². The highest BCUT2D eigenvalue weighted by Gasteiger charge is 2.27. The average Bonchev–Trinajstić information content (AvgIpc) is 2.75.